The number of aryl methyl sites for hydroxylation is 2. The lowest BCUT2D eigenvalue weighted by Gasteiger charge is -2.21. The summed E-state index contributed by atoms with van der Waals surface area (Å²) < 4.78 is 1.77. The molecular weight excluding hydrogens is 324 g/mol. The maximum absolute atomic E-state index is 12.5. The molecule has 1 aromatic carbocycles. The Balaban J connectivity index is 1.66. The van der Waals surface area contributed by atoms with Crippen molar-refractivity contribution in [3.8, 4) is 0 Å². The SMILES string of the molecule is Cc1nn(C)cc1[C@H](C)NC(=O)N[C@@H](c1ccc(Cl)cc1)C1CC1. The maximum Gasteiger partial charge on any atom is 0.315 e. The van der Waals surface area contributed by atoms with E-state index in [1.165, 1.54) is 0 Å². The Hall–Kier alpha value is -2.01. The van der Waals surface area contributed by atoms with Crippen LogP contribution in [0.25, 0.3) is 0 Å². The van der Waals surface area contributed by atoms with E-state index in [2.05, 4.69) is 15.7 Å². The van der Waals surface area contributed by atoms with Gasteiger partial charge < -0.3 is 10.6 Å². The quantitative estimate of drug-likeness (QED) is 0.862. The average molecular weight is 347 g/mol. The van der Waals surface area contributed by atoms with Crippen molar-refractivity contribution in [1.29, 1.82) is 0 Å². The van der Waals surface area contributed by atoms with Gasteiger partial charge in [-0.1, -0.05) is 23.7 Å². The highest BCUT2D eigenvalue weighted by Crippen LogP contribution is 2.41. The van der Waals surface area contributed by atoms with E-state index in [0.29, 0.717) is 10.9 Å². The van der Waals surface area contributed by atoms with Crippen molar-refractivity contribution in [3.63, 3.8) is 0 Å². The van der Waals surface area contributed by atoms with Gasteiger partial charge >= 0.3 is 6.03 Å². The van der Waals surface area contributed by atoms with Crippen LogP contribution in [0.4, 0.5) is 4.79 Å². The molecule has 1 aliphatic rings. The molecule has 6 heteroatoms. The normalized spacial score (nSPS) is 16.5. The molecule has 0 spiro atoms. The molecule has 0 bridgehead atoms. The average Bonchev–Trinajstić information content (AvgIpc) is 3.30. The van der Waals surface area contributed by atoms with Crippen LogP contribution < -0.4 is 10.6 Å². The smallest absolute Gasteiger partial charge is 0.315 e. The minimum atomic E-state index is -0.155. The summed E-state index contributed by atoms with van der Waals surface area (Å²) in [5.41, 5.74) is 3.06. The molecule has 24 heavy (non-hydrogen) atoms. The van der Waals surface area contributed by atoms with Gasteiger partial charge in [-0.3, -0.25) is 4.68 Å². The number of aromatic nitrogens is 2. The number of nitrogens with zero attached hydrogens (tertiary/aromatic N) is 2. The summed E-state index contributed by atoms with van der Waals surface area (Å²) in [5.74, 6) is 0.507. The second kappa shape index (κ2) is 6.85. The third-order valence-electron chi connectivity index (χ3n) is 4.47. The summed E-state index contributed by atoms with van der Waals surface area (Å²) in [5, 5.41) is 11.2. The zero-order valence-electron chi connectivity index (χ0n) is 14.2. The first kappa shape index (κ1) is 16.8. The molecule has 5 nitrogen and oxygen atoms in total. The topological polar surface area (TPSA) is 59.0 Å². The van der Waals surface area contributed by atoms with Crippen molar-refractivity contribution < 1.29 is 4.79 Å². The van der Waals surface area contributed by atoms with E-state index in [4.69, 9.17) is 11.6 Å². The summed E-state index contributed by atoms with van der Waals surface area (Å²) in [4.78, 5) is 12.5. The van der Waals surface area contributed by atoms with Crippen molar-refractivity contribution >= 4 is 17.6 Å². The molecular formula is C18H23ClN4O. The highest BCUT2D eigenvalue weighted by Gasteiger charge is 2.33. The minimum absolute atomic E-state index is 0.0319. The van der Waals surface area contributed by atoms with Crippen LogP contribution in [0.3, 0.4) is 0 Å². The number of carbonyl (C=O) groups excluding carboxylic acids is 1. The third kappa shape index (κ3) is 3.90. The number of hydrogen-bond acceptors (Lipinski definition) is 2. The summed E-state index contributed by atoms with van der Waals surface area (Å²) in [7, 11) is 1.88. The van der Waals surface area contributed by atoms with Crippen LogP contribution in [0.2, 0.25) is 5.02 Å². The fourth-order valence-corrected chi connectivity index (χ4v) is 3.20. The lowest BCUT2D eigenvalue weighted by molar-refractivity contribution is 0.232. The van der Waals surface area contributed by atoms with Gasteiger partial charge in [0.2, 0.25) is 0 Å². The summed E-state index contributed by atoms with van der Waals surface area (Å²) in [6, 6.07) is 7.49. The highest BCUT2D eigenvalue weighted by molar-refractivity contribution is 6.30. The summed E-state index contributed by atoms with van der Waals surface area (Å²) in [6.45, 7) is 3.92. The molecule has 2 amide bonds. The van der Waals surface area contributed by atoms with Crippen LogP contribution in [-0.4, -0.2) is 15.8 Å². The lowest BCUT2D eigenvalue weighted by Crippen LogP contribution is -2.40. The van der Waals surface area contributed by atoms with E-state index in [1.54, 1.807) is 4.68 Å². The first-order valence-electron chi connectivity index (χ1n) is 8.26. The van der Waals surface area contributed by atoms with E-state index >= 15 is 0 Å². The van der Waals surface area contributed by atoms with Crippen molar-refractivity contribution in [3.05, 3.63) is 52.3 Å². The van der Waals surface area contributed by atoms with E-state index in [-0.39, 0.29) is 18.1 Å². The first-order chi connectivity index (χ1) is 11.4. The Morgan fingerprint density at radius 1 is 1.29 bits per heavy atom. The number of nitrogens with one attached hydrogen (secondary N) is 2. The summed E-state index contributed by atoms with van der Waals surface area (Å²) in [6.07, 6.45) is 4.23. The fraction of sp³-hybridized carbons (Fsp3) is 0.444. The predicted molar refractivity (Wildman–Crippen MR) is 94.9 cm³/mol. The molecule has 1 heterocycles. The number of carbonyl (C=O) groups is 1. The van der Waals surface area contributed by atoms with Gasteiger partial charge in [0.1, 0.15) is 0 Å². The van der Waals surface area contributed by atoms with Crippen LogP contribution in [0, 0.1) is 12.8 Å². The second-order valence-corrected chi connectivity index (χ2v) is 6.99. The van der Waals surface area contributed by atoms with Crippen molar-refractivity contribution in [2.45, 2.75) is 38.8 Å². The Kier molecular flexibility index (Phi) is 4.81. The predicted octanol–water partition coefficient (Wildman–Crippen LogP) is 3.89. The highest BCUT2D eigenvalue weighted by atomic mass is 35.5. The molecule has 128 valence electrons. The Labute approximate surface area is 147 Å². The van der Waals surface area contributed by atoms with E-state index < -0.39 is 0 Å². The van der Waals surface area contributed by atoms with Gasteiger partial charge in [0.15, 0.2) is 0 Å². The molecule has 0 radical (unpaired) electrons. The third-order valence-corrected chi connectivity index (χ3v) is 4.73. The van der Waals surface area contributed by atoms with Gasteiger partial charge in [0, 0.05) is 23.8 Å². The van der Waals surface area contributed by atoms with Crippen LogP contribution in [0.5, 0.6) is 0 Å². The van der Waals surface area contributed by atoms with Crippen LogP contribution in [-0.2, 0) is 7.05 Å². The maximum atomic E-state index is 12.5. The fourth-order valence-electron chi connectivity index (χ4n) is 3.07. The number of amides is 2. The molecule has 1 aliphatic carbocycles. The van der Waals surface area contributed by atoms with Crippen LogP contribution in [0.15, 0.2) is 30.5 Å². The van der Waals surface area contributed by atoms with E-state index in [0.717, 1.165) is 29.7 Å². The molecule has 2 aromatic rings. The molecule has 1 saturated carbocycles. The van der Waals surface area contributed by atoms with Gasteiger partial charge in [0.25, 0.3) is 0 Å². The van der Waals surface area contributed by atoms with Crippen LogP contribution in [0.1, 0.15) is 48.7 Å². The number of urea groups is 1. The molecule has 2 N–H and O–H groups in total. The van der Waals surface area contributed by atoms with E-state index in [9.17, 15) is 4.79 Å². The van der Waals surface area contributed by atoms with Crippen molar-refractivity contribution in [2.75, 3.05) is 0 Å². The molecule has 0 aliphatic heterocycles. The number of hydrogen-bond donors (Lipinski definition) is 2. The molecule has 0 unspecified atom stereocenters. The van der Waals surface area contributed by atoms with Gasteiger partial charge in [-0.25, -0.2) is 4.79 Å². The zero-order chi connectivity index (χ0) is 17.3. The standard InChI is InChI=1S/C18H23ClN4O/c1-11(16-10-23(3)22-12(16)2)20-18(24)21-17(13-4-5-13)14-6-8-15(19)9-7-14/h6-11,13,17H,4-5H2,1-3H3,(H2,20,21,24)/t11-,17+/m0/s1. The minimum Gasteiger partial charge on any atom is -0.332 e. The molecule has 0 saturated heterocycles. The van der Waals surface area contributed by atoms with Crippen molar-refractivity contribution in [2.24, 2.45) is 13.0 Å². The van der Waals surface area contributed by atoms with Gasteiger partial charge in [-0.2, -0.15) is 5.10 Å². The second-order valence-electron chi connectivity index (χ2n) is 6.55. The summed E-state index contributed by atoms with van der Waals surface area (Å²) >= 11 is 5.96. The number of halogens is 1. The molecule has 1 fully saturated rings. The zero-order valence-corrected chi connectivity index (χ0v) is 15.0. The monoisotopic (exact) mass is 346 g/mol. The molecule has 2 atom stereocenters. The van der Waals surface area contributed by atoms with Gasteiger partial charge in [-0.15, -0.1) is 0 Å². The Bertz CT molecular complexity index is 721. The Morgan fingerprint density at radius 3 is 2.50 bits per heavy atom. The van der Waals surface area contributed by atoms with Gasteiger partial charge in [-0.05, 0) is 50.3 Å². The first-order valence-corrected chi connectivity index (χ1v) is 8.64. The number of rotatable bonds is 5. The Morgan fingerprint density at radius 2 is 1.96 bits per heavy atom. The molecule has 3 rings (SSSR count). The van der Waals surface area contributed by atoms with Gasteiger partial charge in [0.05, 0.1) is 17.8 Å². The van der Waals surface area contributed by atoms with Crippen LogP contribution >= 0.6 is 11.6 Å². The van der Waals surface area contributed by atoms with E-state index in [1.807, 2.05) is 51.4 Å². The molecule has 1 aromatic heterocycles. The number of benzene rings is 1. The largest absolute Gasteiger partial charge is 0.332 e. The lowest BCUT2D eigenvalue weighted by atomic mass is 10.0. The van der Waals surface area contributed by atoms with Crippen molar-refractivity contribution in [1.82, 2.24) is 20.4 Å².